The lowest BCUT2D eigenvalue weighted by Crippen LogP contribution is -2.25. The minimum Gasteiger partial charge on any atom is -0.266 e. The summed E-state index contributed by atoms with van der Waals surface area (Å²) in [5, 5.41) is 14.3. The van der Waals surface area contributed by atoms with Crippen LogP contribution in [-0.2, 0) is 0 Å². The van der Waals surface area contributed by atoms with Crippen molar-refractivity contribution in [2.45, 2.75) is 0 Å². The van der Waals surface area contributed by atoms with Crippen LogP contribution < -0.4 is 15.7 Å². The molecule has 1 aromatic carbocycles. The third-order valence-electron chi connectivity index (χ3n) is 2.68. The van der Waals surface area contributed by atoms with Crippen molar-refractivity contribution in [3.8, 4) is 0 Å². The number of fused-ring (bicyclic) bond motifs is 1. The van der Waals surface area contributed by atoms with Gasteiger partial charge in [-0.1, -0.05) is 11.3 Å². The van der Waals surface area contributed by atoms with E-state index in [1.54, 1.807) is 6.08 Å². The van der Waals surface area contributed by atoms with Gasteiger partial charge < -0.3 is 0 Å². The van der Waals surface area contributed by atoms with Crippen molar-refractivity contribution in [3.05, 3.63) is 71.4 Å². The largest absolute Gasteiger partial charge is 0.292 e. The molecule has 9 heteroatoms. The third kappa shape index (κ3) is 2.41. The van der Waals surface area contributed by atoms with Crippen molar-refractivity contribution >= 4 is 28.1 Å². The summed E-state index contributed by atoms with van der Waals surface area (Å²) in [4.78, 5) is 37.1. The molecule has 0 bridgehead atoms. The summed E-state index contributed by atoms with van der Waals surface area (Å²) in [6, 6.07) is 5.77. The van der Waals surface area contributed by atoms with Gasteiger partial charge in [-0.25, -0.2) is 0 Å². The number of nitrogens with zero attached hydrogens (tertiary/aromatic N) is 4. The Hall–Kier alpha value is -2.94. The Morgan fingerprint density at radius 1 is 1.24 bits per heavy atom. The quantitative estimate of drug-likeness (QED) is 0.486. The smallest absolute Gasteiger partial charge is 0.266 e. The van der Waals surface area contributed by atoms with Crippen LogP contribution in [0.1, 0.15) is 5.56 Å². The molecule has 8 nitrogen and oxygen atoms in total. The number of non-ortho nitro benzene ring substituents is 1. The van der Waals surface area contributed by atoms with Gasteiger partial charge in [-0.15, -0.1) is 0 Å². The number of thiazole rings is 1. The number of hydrogen-bond acceptors (Lipinski definition) is 7. The molecule has 0 fully saturated rings. The number of aromatic nitrogens is 3. The Morgan fingerprint density at radius 2 is 1.95 bits per heavy atom. The lowest BCUT2D eigenvalue weighted by Gasteiger charge is -1.92. The standard InChI is InChI=1S/C12H6N4O4S/c17-10-6-13-15-11(18)9(21-12(15)14-10)5-7-1-3-8(4-2-7)16(19)20/h1-6H/b9-5-. The van der Waals surface area contributed by atoms with E-state index in [1.807, 2.05) is 0 Å². The number of rotatable bonds is 2. The topological polar surface area (TPSA) is 107 Å². The molecule has 2 heterocycles. The Balaban J connectivity index is 2.15. The first-order valence-corrected chi connectivity index (χ1v) is 6.51. The number of nitro benzene ring substituents is 1. The van der Waals surface area contributed by atoms with Crippen molar-refractivity contribution in [1.29, 1.82) is 0 Å². The van der Waals surface area contributed by atoms with E-state index in [0.29, 0.717) is 10.1 Å². The van der Waals surface area contributed by atoms with Crippen LogP contribution in [0.25, 0.3) is 11.0 Å². The average Bonchev–Trinajstić information content (AvgIpc) is 2.75. The normalized spacial score (nSPS) is 11.9. The zero-order valence-corrected chi connectivity index (χ0v) is 11.1. The highest BCUT2D eigenvalue weighted by Crippen LogP contribution is 2.12. The molecule has 0 atom stereocenters. The summed E-state index contributed by atoms with van der Waals surface area (Å²) in [6.45, 7) is 0. The van der Waals surface area contributed by atoms with Crippen LogP contribution in [-0.4, -0.2) is 19.5 Å². The van der Waals surface area contributed by atoms with Crippen molar-refractivity contribution in [2.75, 3.05) is 0 Å². The molecule has 0 amide bonds. The second-order valence-corrected chi connectivity index (χ2v) is 5.06. The molecule has 0 unspecified atom stereocenters. The van der Waals surface area contributed by atoms with Gasteiger partial charge in [0.1, 0.15) is 6.20 Å². The fourth-order valence-electron chi connectivity index (χ4n) is 1.71. The van der Waals surface area contributed by atoms with Crippen LogP contribution in [0.3, 0.4) is 0 Å². The molecule has 3 aromatic rings. The molecule has 2 aromatic heterocycles. The van der Waals surface area contributed by atoms with Crippen molar-refractivity contribution in [1.82, 2.24) is 14.6 Å². The first-order valence-electron chi connectivity index (χ1n) is 5.70. The summed E-state index contributed by atoms with van der Waals surface area (Å²) in [5.74, 6) is 0. The van der Waals surface area contributed by atoms with Crippen molar-refractivity contribution in [2.24, 2.45) is 0 Å². The van der Waals surface area contributed by atoms with Gasteiger partial charge >= 0.3 is 0 Å². The number of benzene rings is 1. The molecular formula is C12H6N4O4S. The molecule has 21 heavy (non-hydrogen) atoms. The van der Waals surface area contributed by atoms with Crippen molar-refractivity contribution in [3.63, 3.8) is 0 Å². The Bertz CT molecular complexity index is 1010. The minimum atomic E-state index is -0.516. The second-order valence-electron chi connectivity index (χ2n) is 4.05. The average molecular weight is 302 g/mol. The van der Waals surface area contributed by atoms with E-state index in [4.69, 9.17) is 0 Å². The van der Waals surface area contributed by atoms with Gasteiger partial charge in [-0.2, -0.15) is 14.6 Å². The van der Waals surface area contributed by atoms with Gasteiger partial charge in [0.15, 0.2) is 0 Å². The van der Waals surface area contributed by atoms with Gasteiger partial charge in [-0.3, -0.25) is 19.7 Å². The van der Waals surface area contributed by atoms with Gasteiger partial charge in [0.05, 0.1) is 9.46 Å². The second kappa shape index (κ2) is 4.87. The summed E-state index contributed by atoms with van der Waals surface area (Å²) in [6.07, 6.45) is 2.54. The fraction of sp³-hybridized carbons (Fsp3) is 0. The molecule has 0 saturated carbocycles. The van der Waals surface area contributed by atoms with Gasteiger partial charge in [0.25, 0.3) is 16.8 Å². The lowest BCUT2D eigenvalue weighted by molar-refractivity contribution is -0.384. The van der Waals surface area contributed by atoms with Gasteiger partial charge in [0.2, 0.25) is 4.96 Å². The highest BCUT2D eigenvalue weighted by atomic mass is 32.1. The maximum Gasteiger partial charge on any atom is 0.292 e. The van der Waals surface area contributed by atoms with E-state index in [1.165, 1.54) is 24.3 Å². The summed E-state index contributed by atoms with van der Waals surface area (Å²) in [7, 11) is 0. The molecule has 0 N–H and O–H groups in total. The monoisotopic (exact) mass is 302 g/mol. The maximum atomic E-state index is 12.0. The molecule has 0 saturated heterocycles. The molecule has 0 aliphatic heterocycles. The summed E-state index contributed by atoms with van der Waals surface area (Å²) < 4.78 is 1.39. The first-order chi connectivity index (χ1) is 10.0. The van der Waals surface area contributed by atoms with Crippen LogP contribution in [0.2, 0.25) is 0 Å². The van der Waals surface area contributed by atoms with Crippen LogP contribution in [0.5, 0.6) is 0 Å². The van der Waals surface area contributed by atoms with E-state index in [2.05, 4.69) is 10.1 Å². The van der Waals surface area contributed by atoms with Gasteiger partial charge in [0, 0.05) is 12.1 Å². The molecule has 0 radical (unpaired) electrons. The molecule has 3 rings (SSSR count). The summed E-state index contributed by atoms with van der Waals surface area (Å²) in [5.41, 5.74) is -0.300. The molecule has 0 aliphatic carbocycles. The van der Waals surface area contributed by atoms with Crippen LogP contribution in [0.15, 0.2) is 40.1 Å². The zero-order chi connectivity index (χ0) is 15.0. The first kappa shape index (κ1) is 13.1. The third-order valence-corrected chi connectivity index (χ3v) is 3.64. The van der Waals surface area contributed by atoms with Crippen molar-refractivity contribution < 1.29 is 4.92 Å². The van der Waals surface area contributed by atoms with Crippen LogP contribution >= 0.6 is 11.3 Å². The highest BCUT2D eigenvalue weighted by molar-refractivity contribution is 7.15. The van der Waals surface area contributed by atoms with Crippen LogP contribution in [0.4, 0.5) is 5.69 Å². The van der Waals surface area contributed by atoms with E-state index in [9.17, 15) is 19.7 Å². The Kier molecular flexibility index (Phi) is 3.03. The molecule has 104 valence electrons. The van der Waals surface area contributed by atoms with E-state index >= 15 is 0 Å². The Morgan fingerprint density at radius 3 is 2.62 bits per heavy atom. The highest BCUT2D eigenvalue weighted by Gasteiger charge is 2.06. The molecule has 0 aliphatic rings. The van der Waals surface area contributed by atoms with Crippen LogP contribution in [0, 0.1) is 10.1 Å². The molecular weight excluding hydrogens is 296 g/mol. The Labute approximate surface area is 119 Å². The molecule has 0 spiro atoms. The maximum absolute atomic E-state index is 12.0. The SMILES string of the molecule is O=c1cnn2c(=O)/c(=C/c3ccc([N+](=O)[O-])cc3)sc2n1. The lowest BCUT2D eigenvalue weighted by atomic mass is 10.2. The van der Waals surface area contributed by atoms with E-state index < -0.39 is 10.5 Å². The minimum absolute atomic E-state index is 0.0282. The number of nitro groups is 1. The predicted octanol–water partition coefficient (Wildman–Crippen LogP) is -0.0329. The zero-order valence-electron chi connectivity index (χ0n) is 10.3. The summed E-state index contributed by atoms with van der Waals surface area (Å²) >= 11 is 1.03. The van der Waals surface area contributed by atoms with E-state index in [-0.39, 0.29) is 16.2 Å². The van der Waals surface area contributed by atoms with E-state index in [0.717, 1.165) is 22.0 Å². The predicted molar refractivity (Wildman–Crippen MR) is 75.3 cm³/mol. The van der Waals surface area contributed by atoms with Gasteiger partial charge in [-0.05, 0) is 23.8 Å². The number of hydrogen-bond donors (Lipinski definition) is 0. The fourth-order valence-corrected chi connectivity index (χ4v) is 2.63.